The largest absolute Gasteiger partial charge is 0.507 e. The third-order valence-electron chi connectivity index (χ3n) is 5.01. The van der Waals surface area contributed by atoms with Crippen molar-refractivity contribution >= 4 is 0 Å². The van der Waals surface area contributed by atoms with Gasteiger partial charge in [-0.1, -0.05) is 44.5 Å². The second-order valence-electron chi connectivity index (χ2n) is 7.21. The molecule has 3 aromatic rings. The maximum absolute atomic E-state index is 15.1. The van der Waals surface area contributed by atoms with Crippen LogP contribution in [0.15, 0.2) is 42.5 Å². The zero-order valence-electron chi connectivity index (χ0n) is 17.3. The van der Waals surface area contributed by atoms with Crippen LogP contribution in [-0.4, -0.2) is 5.11 Å². The summed E-state index contributed by atoms with van der Waals surface area (Å²) in [5, 5.41) is 9.97. The van der Waals surface area contributed by atoms with Gasteiger partial charge in [0.15, 0.2) is 17.5 Å². The zero-order valence-corrected chi connectivity index (χ0v) is 17.3. The Morgan fingerprint density at radius 1 is 0.875 bits per heavy atom. The Morgan fingerprint density at radius 3 is 2.12 bits per heavy atom. The number of hydrogen-bond acceptors (Lipinski definition) is 2. The van der Waals surface area contributed by atoms with Crippen LogP contribution >= 0.6 is 0 Å². The molecule has 1 N–H and O–H groups in total. The summed E-state index contributed by atoms with van der Waals surface area (Å²) in [6.07, 6.45) is -2.85. The highest BCUT2D eigenvalue weighted by Gasteiger charge is 2.43. The molecule has 0 saturated carbocycles. The molecular weight excluding hydrogens is 434 g/mol. The highest BCUT2D eigenvalue weighted by atomic mass is 19.3. The van der Waals surface area contributed by atoms with E-state index < -0.39 is 51.8 Å². The van der Waals surface area contributed by atoms with Crippen molar-refractivity contribution in [2.24, 2.45) is 0 Å². The maximum Gasteiger partial charge on any atom is 0.432 e. The predicted molar refractivity (Wildman–Crippen MR) is 108 cm³/mol. The molecule has 3 aromatic carbocycles. The fraction of sp³-hybridized carbons (Fsp3) is 0.250. The number of rotatable bonds is 7. The van der Waals surface area contributed by atoms with E-state index in [4.69, 9.17) is 0 Å². The molecule has 8 heteroatoms. The lowest BCUT2D eigenvalue weighted by Gasteiger charge is -2.21. The molecule has 2 nitrogen and oxygen atoms in total. The third-order valence-corrected chi connectivity index (χ3v) is 5.01. The van der Waals surface area contributed by atoms with Gasteiger partial charge in [0.2, 0.25) is 0 Å². The van der Waals surface area contributed by atoms with Gasteiger partial charge >= 0.3 is 6.11 Å². The number of benzene rings is 3. The smallest absolute Gasteiger partial charge is 0.432 e. The molecule has 0 aliphatic rings. The van der Waals surface area contributed by atoms with E-state index in [-0.39, 0.29) is 23.8 Å². The summed E-state index contributed by atoms with van der Waals surface area (Å²) in [6, 6.07) is 7.81. The van der Waals surface area contributed by atoms with Crippen molar-refractivity contribution in [3.8, 4) is 22.6 Å². The SMILES string of the molecule is CCCc1ccc(OC(F)(F)c2c(F)cc(O)c(-c3ccc(CC)c(F)c3F)c2F)cc1. The Bertz CT molecular complexity index is 1130. The summed E-state index contributed by atoms with van der Waals surface area (Å²) >= 11 is 0. The summed E-state index contributed by atoms with van der Waals surface area (Å²) in [5.74, 6) is -8.14. The van der Waals surface area contributed by atoms with Crippen LogP contribution in [0, 0.1) is 23.3 Å². The minimum absolute atomic E-state index is 0.0336. The molecule has 0 aliphatic carbocycles. The van der Waals surface area contributed by atoms with E-state index in [2.05, 4.69) is 4.74 Å². The minimum atomic E-state index is -4.51. The van der Waals surface area contributed by atoms with Gasteiger partial charge in [0.25, 0.3) is 0 Å². The van der Waals surface area contributed by atoms with Gasteiger partial charge in [-0.05, 0) is 36.1 Å². The number of aromatic hydroxyl groups is 1. The second-order valence-corrected chi connectivity index (χ2v) is 7.21. The van der Waals surface area contributed by atoms with Crippen LogP contribution in [0.25, 0.3) is 11.1 Å². The van der Waals surface area contributed by atoms with Crippen LogP contribution in [0.3, 0.4) is 0 Å². The van der Waals surface area contributed by atoms with Crippen LogP contribution in [0.5, 0.6) is 11.5 Å². The first-order valence-electron chi connectivity index (χ1n) is 9.95. The Labute approximate surface area is 181 Å². The number of aryl methyl sites for hydroxylation is 2. The first-order chi connectivity index (χ1) is 15.1. The molecule has 0 heterocycles. The van der Waals surface area contributed by atoms with E-state index in [9.17, 15) is 27.1 Å². The lowest BCUT2D eigenvalue weighted by Crippen LogP contribution is -2.25. The van der Waals surface area contributed by atoms with Gasteiger partial charge in [-0.15, -0.1) is 0 Å². The third kappa shape index (κ3) is 4.40. The van der Waals surface area contributed by atoms with Gasteiger partial charge in [-0.3, -0.25) is 0 Å². The number of alkyl halides is 2. The van der Waals surface area contributed by atoms with Crippen LogP contribution in [-0.2, 0) is 19.0 Å². The fourth-order valence-corrected chi connectivity index (χ4v) is 3.40. The molecule has 0 aromatic heterocycles. The number of ether oxygens (including phenoxy) is 1. The van der Waals surface area contributed by atoms with Crippen LogP contribution in [0.1, 0.15) is 37.0 Å². The molecule has 32 heavy (non-hydrogen) atoms. The first kappa shape index (κ1) is 23.5. The predicted octanol–water partition coefficient (Wildman–Crippen LogP) is 7.26. The number of phenols is 1. The van der Waals surface area contributed by atoms with Crippen molar-refractivity contribution in [2.45, 2.75) is 39.2 Å². The monoisotopic (exact) mass is 454 g/mol. The molecule has 0 atom stereocenters. The summed E-state index contributed by atoms with van der Waals surface area (Å²) in [6.45, 7) is 3.50. The van der Waals surface area contributed by atoms with Gasteiger partial charge in [0.05, 0.1) is 5.56 Å². The Kier molecular flexibility index (Phi) is 6.71. The maximum atomic E-state index is 15.1. The summed E-state index contributed by atoms with van der Waals surface area (Å²) < 4.78 is 92.2. The van der Waals surface area contributed by atoms with E-state index in [1.54, 1.807) is 6.92 Å². The first-order valence-corrected chi connectivity index (χ1v) is 9.95. The lowest BCUT2D eigenvalue weighted by molar-refractivity contribution is -0.189. The van der Waals surface area contributed by atoms with Gasteiger partial charge < -0.3 is 9.84 Å². The average molecular weight is 454 g/mol. The van der Waals surface area contributed by atoms with Crippen molar-refractivity contribution < 1.29 is 36.2 Å². The van der Waals surface area contributed by atoms with Gasteiger partial charge in [-0.2, -0.15) is 8.78 Å². The quantitative estimate of drug-likeness (QED) is 0.381. The van der Waals surface area contributed by atoms with Crippen molar-refractivity contribution in [3.63, 3.8) is 0 Å². The molecule has 0 bridgehead atoms. The van der Waals surface area contributed by atoms with Crippen LogP contribution in [0.4, 0.5) is 26.3 Å². The van der Waals surface area contributed by atoms with E-state index in [0.29, 0.717) is 6.42 Å². The minimum Gasteiger partial charge on any atom is -0.507 e. The molecule has 0 fully saturated rings. The van der Waals surface area contributed by atoms with Crippen molar-refractivity contribution in [1.29, 1.82) is 0 Å². The van der Waals surface area contributed by atoms with E-state index in [1.165, 1.54) is 24.3 Å². The van der Waals surface area contributed by atoms with E-state index in [1.807, 2.05) is 6.92 Å². The Morgan fingerprint density at radius 2 is 1.53 bits per heavy atom. The topological polar surface area (TPSA) is 29.5 Å². The molecular formula is C24H20F6O2. The molecule has 0 radical (unpaired) electrons. The number of halogens is 6. The summed E-state index contributed by atoms with van der Waals surface area (Å²) in [4.78, 5) is 0. The van der Waals surface area contributed by atoms with E-state index >= 15 is 4.39 Å². The van der Waals surface area contributed by atoms with Gasteiger partial charge in [-0.25, -0.2) is 17.6 Å². The van der Waals surface area contributed by atoms with Crippen LogP contribution < -0.4 is 4.74 Å². The lowest BCUT2D eigenvalue weighted by atomic mass is 9.97. The molecule has 0 spiro atoms. The fourth-order valence-electron chi connectivity index (χ4n) is 3.40. The number of hydrogen-bond donors (Lipinski definition) is 1. The highest BCUT2D eigenvalue weighted by Crippen LogP contribution is 2.43. The molecule has 3 rings (SSSR count). The molecule has 0 aliphatic heterocycles. The number of phenolic OH excluding ortho intramolecular Hbond substituents is 1. The van der Waals surface area contributed by atoms with Crippen molar-refractivity contribution in [1.82, 2.24) is 0 Å². The normalized spacial score (nSPS) is 11.6. The van der Waals surface area contributed by atoms with Crippen molar-refractivity contribution in [3.05, 3.63) is 82.4 Å². The van der Waals surface area contributed by atoms with Gasteiger partial charge in [0, 0.05) is 11.6 Å². The molecule has 0 unspecified atom stereocenters. The summed E-state index contributed by atoms with van der Waals surface area (Å²) in [7, 11) is 0. The Balaban J connectivity index is 2.09. The highest BCUT2D eigenvalue weighted by molar-refractivity contribution is 5.73. The van der Waals surface area contributed by atoms with Crippen LogP contribution in [0.2, 0.25) is 0 Å². The molecule has 0 saturated heterocycles. The Hall–Kier alpha value is -3.16. The summed E-state index contributed by atoms with van der Waals surface area (Å²) in [5.41, 5.74) is -2.92. The molecule has 170 valence electrons. The standard InChI is InChI=1S/C24H20F6O2/c1-3-5-13-6-9-15(10-7-13)32-24(29,30)20-17(25)12-18(31)19(23(20)28)16-11-8-14(4-2)21(26)22(16)27/h6-12,31H,3-5H2,1-2H3. The van der Waals surface area contributed by atoms with Gasteiger partial charge in [0.1, 0.15) is 22.9 Å². The average Bonchev–Trinajstić information content (AvgIpc) is 2.72. The second kappa shape index (κ2) is 9.14. The van der Waals surface area contributed by atoms with Crippen molar-refractivity contribution in [2.75, 3.05) is 0 Å². The van der Waals surface area contributed by atoms with E-state index in [0.717, 1.165) is 24.1 Å². The zero-order chi connectivity index (χ0) is 23.6. The molecule has 0 amide bonds.